The van der Waals surface area contributed by atoms with Crippen molar-refractivity contribution in [2.45, 2.75) is 6.54 Å². The smallest absolute Gasteiger partial charge is 0.257 e. The van der Waals surface area contributed by atoms with Crippen molar-refractivity contribution in [3.8, 4) is 0 Å². The van der Waals surface area contributed by atoms with Crippen LogP contribution in [0.1, 0.15) is 15.9 Å². The first kappa shape index (κ1) is 17.3. The maximum absolute atomic E-state index is 12.4. The number of aromatic nitrogens is 1. The molecule has 3 aromatic rings. The standard InChI is InChI=1S/C19H15Cl2N3O/c20-16-7-4-8-17(21)18(16)24-19(25)14-9-15(12-22-11-14)23-10-13-5-2-1-3-6-13/h1-9,11-12,23H,10H2,(H,24,25). The molecule has 2 aromatic carbocycles. The third kappa shape index (κ3) is 4.50. The molecule has 2 N–H and O–H groups in total. The molecule has 0 aliphatic carbocycles. The van der Waals surface area contributed by atoms with Crippen LogP contribution in [0.3, 0.4) is 0 Å². The Bertz CT molecular complexity index is 865. The van der Waals surface area contributed by atoms with Gasteiger partial charge in [-0.1, -0.05) is 59.6 Å². The van der Waals surface area contributed by atoms with Gasteiger partial charge < -0.3 is 10.6 Å². The maximum atomic E-state index is 12.4. The minimum atomic E-state index is -0.328. The van der Waals surface area contributed by atoms with E-state index < -0.39 is 0 Å². The molecule has 0 aliphatic rings. The molecule has 126 valence electrons. The van der Waals surface area contributed by atoms with Crippen LogP contribution in [0.15, 0.2) is 67.0 Å². The summed E-state index contributed by atoms with van der Waals surface area (Å²) in [7, 11) is 0. The molecule has 25 heavy (non-hydrogen) atoms. The highest BCUT2D eigenvalue weighted by Gasteiger charge is 2.12. The first-order chi connectivity index (χ1) is 12.1. The molecular weight excluding hydrogens is 357 g/mol. The van der Waals surface area contributed by atoms with Gasteiger partial charge in [-0.2, -0.15) is 0 Å². The van der Waals surface area contributed by atoms with Crippen molar-refractivity contribution in [3.05, 3.63) is 88.2 Å². The Morgan fingerprint density at radius 2 is 1.68 bits per heavy atom. The van der Waals surface area contributed by atoms with Crippen LogP contribution in [0.25, 0.3) is 0 Å². The van der Waals surface area contributed by atoms with Gasteiger partial charge in [0.15, 0.2) is 0 Å². The zero-order chi connectivity index (χ0) is 17.6. The van der Waals surface area contributed by atoms with Gasteiger partial charge in [0.05, 0.1) is 27.0 Å². The molecule has 0 saturated heterocycles. The number of carbonyl (C=O) groups excluding carboxylic acids is 1. The molecular formula is C19H15Cl2N3O. The van der Waals surface area contributed by atoms with E-state index in [0.717, 1.165) is 11.3 Å². The minimum absolute atomic E-state index is 0.328. The van der Waals surface area contributed by atoms with Gasteiger partial charge in [0.1, 0.15) is 0 Å². The van der Waals surface area contributed by atoms with Gasteiger partial charge in [-0.3, -0.25) is 9.78 Å². The largest absolute Gasteiger partial charge is 0.380 e. The Balaban J connectivity index is 1.71. The number of hydrogen-bond acceptors (Lipinski definition) is 3. The van der Waals surface area contributed by atoms with Crippen LogP contribution in [0, 0.1) is 0 Å². The highest BCUT2D eigenvalue weighted by atomic mass is 35.5. The molecule has 3 rings (SSSR count). The third-order valence-electron chi connectivity index (χ3n) is 3.54. The second kappa shape index (κ2) is 8.01. The lowest BCUT2D eigenvalue weighted by Gasteiger charge is -2.10. The van der Waals surface area contributed by atoms with Crippen LogP contribution in [0.5, 0.6) is 0 Å². The fraction of sp³-hybridized carbons (Fsp3) is 0.0526. The molecule has 4 nitrogen and oxygen atoms in total. The number of benzene rings is 2. The van der Waals surface area contributed by atoms with Gasteiger partial charge in [0.25, 0.3) is 5.91 Å². The Kier molecular flexibility index (Phi) is 5.53. The summed E-state index contributed by atoms with van der Waals surface area (Å²) < 4.78 is 0. The minimum Gasteiger partial charge on any atom is -0.380 e. The van der Waals surface area contributed by atoms with Crippen LogP contribution in [-0.4, -0.2) is 10.9 Å². The Morgan fingerprint density at radius 3 is 2.40 bits per heavy atom. The first-order valence-electron chi connectivity index (χ1n) is 7.61. The molecule has 0 saturated carbocycles. The lowest BCUT2D eigenvalue weighted by molar-refractivity contribution is 0.102. The number of carbonyl (C=O) groups is 1. The van der Waals surface area contributed by atoms with Crippen molar-refractivity contribution < 1.29 is 4.79 Å². The molecule has 1 amide bonds. The summed E-state index contributed by atoms with van der Waals surface area (Å²) in [6, 6.07) is 16.8. The van der Waals surface area contributed by atoms with Crippen LogP contribution in [-0.2, 0) is 6.54 Å². The summed E-state index contributed by atoms with van der Waals surface area (Å²) in [4.78, 5) is 16.6. The molecule has 0 unspecified atom stereocenters. The summed E-state index contributed by atoms with van der Waals surface area (Å²) in [5.74, 6) is -0.328. The molecule has 0 atom stereocenters. The quantitative estimate of drug-likeness (QED) is 0.643. The second-order valence-electron chi connectivity index (χ2n) is 5.35. The molecule has 0 spiro atoms. The van der Waals surface area contributed by atoms with Crippen molar-refractivity contribution in [1.82, 2.24) is 4.98 Å². The van der Waals surface area contributed by atoms with Gasteiger partial charge in [0.2, 0.25) is 0 Å². The van der Waals surface area contributed by atoms with E-state index >= 15 is 0 Å². The van der Waals surface area contributed by atoms with Crippen LogP contribution < -0.4 is 10.6 Å². The average molecular weight is 372 g/mol. The Hall–Kier alpha value is -2.56. The number of pyridine rings is 1. The van der Waals surface area contributed by atoms with E-state index in [1.165, 1.54) is 6.20 Å². The predicted molar refractivity (Wildman–Crippen MR) is 102 cm³/mol. The van der Waals surface area contributed by atoms with Gasteiger partial charge >= 0.3 is 0 Å². The van der Waals surface area contributed by atoms with Crippen molar-refractivity contribution >= 4 is 40.5 Å². The van der Waals surface area contributed by atoms with E-state index in [4.69, 9.17) is 23.2 Å². The summed E-state index contributed by atoms with van der Waals surface area (Å²) in [5, 5.41) is 6.74. The van der Waals surface area contributed by atoms with E-state index in [1.807, 2.05) is 30.3 Å². The molecule has 0 fully saturated rings. The fourth-order valence-corrected chi connectivity index (χ4v) is 2.76. The molecule has 6 heteroatoms. The van der Waals surface area contributed by atoms with Gasteiger partial charge in [-0.05, 0) is 23.8 Å². The Labute approximate surface area is 155 Å². The third-order valence-corrected chi connectivity index (χ3v) is 4.17. The summed E-state index contributed by atoms with van der Waals surface area (Å²) in [5.41, 5.74) is 2.69. The first-order valence-corrected chi connectivity index (χ1v) is 8.37. The fourth-order valence-electron chi connectivity index (χ4n) is 2.26. The van der Waals surface area contributed by atoms with Crippen LogP contribution >= 0.6 is 23.2 Å². The maximum Gasteiger partial charge on any atom is 0.257 e. The normalized spacial score (nSPS) is 10.3. The lowest BCUT2D eigenvalue weighted by atomic mass is 10.2. The molecule has 0 aliphatic heterocycles. The topological polar surface area (TPSA) is 54.0 Å². The Morgan fingerprint density at radius 1 is 0.960 bits per heavy atom. The van der Waals surface area contributed by atoms with Gasteiger partial charge in [0, 0.05) is 18.9 Å². The highest BCUT2D eigenvalue weighted by Crippen LogP contribution is 2.30. The number of para-hydroxylation sites is 1. The number of nitrogens with one attached hydrogen (secondary N) is 2. The van der Waals surface area contributed by atoms with Crippen molar-refractivity contribution in [3.63, 3.8) is 0 Å². The number of rotatable bonds is 5. The van der Waals surface area contributed by atoms with Crippen LogP contribution in [0.4, 0.5) is 11.4 Å². The average Bonchev–Trinajstić information content (AvgIpc) is 2.64. The monoisotopic (exact) mass is 371 g/mol. The summed E-state index contributed by atoms with van der Waals surface area (Å²) >= 11 is 12.2. The zero-order valence-corrected chi connectivity index (χ0v) is 14.7. The van der Waals surface area contributed by atoms with E-state index in [2.05, 4.69) is 15.6 Å². The van der Waals surface area contributed by atoms with Gasteiger partial charge in [-0.15, -0.1) is 0 Å². The van der Waals surface area contributed by atoms with E-state index in [-0.39, 0.29) is 5.91 Å². The second-order valence-corrected chi connectivity index (χ2v) is 6.17. The number of hydrogen-bond donors (Lipinski definition) is 2. The summed E-state index contributed by atoms with van der Waals surface area (Å²) in [6.07, 6.45) is 3.16. The molecule has 0 radical (unpaired) electrons. The van der Waals surface area contributed by atoms with Crippen molar-refractivity contribution in [2.75, 3.05) is 10.6 Å². The number of nitrogens with zero attached hydrogens (tertiary/aromatic N) is 1. The van der Waals surface area contributed by atoms with Crippen molar-refractivity contribution in [1.29, 1.82) is 0 Å². The van der Waals surface area contributed by atoms with Crippen molar-refractivity contribution in [2.24, 2.45) is 0 Å². The van der Waals surface area contributed by atoms with E-state index in [0.29, 0.717) is 27.8 Å². The van der Waals surface area contributed by atoms with E-state index in [9.17, 15) is 4.79 Å². The zero-order valence-electron chi connectivity index (χ0n) is 13.2. The predicted octanol–water partition coefficient (Wildman–Crippen LogP) is 5.25. The molecule has 0 bridgehead atoms. The van der Waals surface area contributed by atoms with Gasteiger partial charge in [-0.25, -0.2) is 0 Å². The SMILES string of the molecule is O=C(Nc1c(Cl)cccc1Cl)c1cncc(NCc2ccccc2)c1. The van der Waals surface area contributed by atoms with E-state index in [1.54, 1.807) is 30.5 Å². The van der Waals surface area contributed by atoms with Crippen LogP contribution in [0.2, 0.25) is 10.0 Å². The molecule has 1 heterocycles. The number of amides is 1. The number of anilines is 2. The summed E-state index contributed by atoms with van der Waals surface area (Å²) in [6.45, 7) is 0.643. The lowest BCUT2D eigenvalue weighted by Crippen LogP contribution is -2.13. The number of halogens is 2. The molecule has 1 aromatic heterocycles. The highest BCUT2D eigenvalue weighted by molar-refractivity contribution is 6.40.